The summed E-state index contributed by atoms with van der Waals surface area (Å²) in [5, 5.41) is 0.321. The van der Waals surface area contributed by atoms with Crippen LogP contribution in [-0.2, 0) is 0 Å². The molecule has 22 heavy (non-hydrogen) atoms. The topological polar surface area (TPSA) is 0 Å². The third-order valence-electron chi connectivity index (χ3n) is 4.36. The van der Waals surface area contributed by atoms with Crippen LogP contribution in [0.2, 0.25) is 0 Å². The van der Waals surface area contributed by atoms with Crippen LogP contribution in [0, 0.1) is 5.92 Å². The molecule has 0 aliphatic rings. The van der Waals surface area contributed by atoms with Crippen molar-refractivity contribution in [1.82, 2.24) is 0 Å². The molecule has 6 unspecified atom stereocenters. The summed E-state index contributed by atoms with van der Waals surface area (Å²) in [4.78, 5) is 0. The van der Waals surface area contributed by atoms with Gasteiger partial charge in [-0.05, 0) is 38.0 Å². The molecule has 5 heteroatoms. The Balaban J connectivity index is 3.81. The van der Waals surface area contributed by atoms with Crippen LogP contribution in [0.3, 0.4) is 0 Å². The van der Waals surface area contributed by atoms with E-state index in [0.29, 0.717) is 5.92 Å². The van der Waals surface area contributed by atoms with E-state index in [1.807, 2.05) is 0 Å². The third kappa shape index (κ3) is 10.3. The van der Waals surface area contributed by atoms with E-state index in [0.717, 1.165) is 51.4 Å². The average Bonchev–Trinajstić information content (AvgIpc) is 2.52. The second-order valence-electron chi connectivity index (χ2n) is 6.24. The van der Waals surface area contributed by atoms with E-state index in [9.17, 15) is 0 Å². The van der Waals surface area contributed by atoms with E-state index >= 15 is 0 Å². The fourth-order valence-corrected chi connectivity index (χ4v) is 3.71. The highest BCUT2D eigenvalue weighted by Gasteiger charge is 2.20. The van der Waals surface area contributed by atoms with Gasteiger partial charge in [0.1, 0.15) is 0 Å². The highest BCUT2D eigenvalue weighted by molar-refractivity contribution is 6.30. The van der Waals surface area contributed by atoms with Gasteiger partial charge in [-0.1, -0.05) is 40.0 Å². The number of rotatable bonds is 13. The van der Waals surface area contributed by atoms with Crippen molar-refractivity contribution in [1.29, 1.82) is 0 Å². The summed E-state index contributed by atoms with van der Waals surface area (Å²) in [5.41, 5.74) is 0. The monoisotopic (exact) mass is 410 g/mol. The van der Waals surface area contributed by atoms with Gasteiger partial charge in [0.05, 0.1) is 0 Å². The van der Waals surface area contributed by atoms with Crippen LogP contribution in [0.4, 0.5) is 0 Å². The summed E-state index contributed by atoms with van der Waals surface area (Å²) in [6.45, 7) is 6.42. The van der Waals surface area contributed by atoms with Gasteiger partial charge in [0.2, 0.25) is 0 Å². The molecule has 6 atom stereocenters. The lowest BCUT2D eigenvalue weighted by atomic mass is 9.98. The lowest BCUT2D eigenvalue weighted by Gasteiger charge is -2.20. The molecule has 0 aromatic rings. The first-order valence-corrected chi connectivity index (χ1v) is 10.7. The van der Waals surface area contributed by atoms with Gasteiger partial charge in [-0.2, -0.15) is 0 Å². The quantitative estimate of drug-likeness (QED) is 0.270. The van der Waals surface area contributed by atoms with Gasteiger partial charge >= 0.3 is 0 Å². The Morgan fingerprint density at radius 3 is 1.27 bits per heavy atom. The number of halogens is 5. The zero-order chi connectivity index (χ0) is 17.1. The maximum Gasteiger partial charge on any atom is 0.0499 e. The maximum absolute atomic E-state index is 6.40. The Kier molecular flexibility index (Phi) is 14.6. The van der Waals surface area contributed by atoms with Crippen LogP contribution in [0.5, 0.6) is 0 Å². The van der Waals surface area contributed by atoms with E-state index < -0.39 is 0 Å². The molecule has 0 saturated heterocycles. The molecule has 0 fully saturated rings. The SMILES string of the molecule is CCC(C)C(Cl)CCCC(Cl)C(Cl)CCCC(Cl)C(Cl)CC. The van der Waals surface area contributed by atoms with Crippen molar-refractivity contribution >= 4 is 58.0 Å². The molecular formula is C17H31Cl5. The van der Waals surface area contributed by atoms with Crippen molar-refractivity contribution in [2.24, 2.45) is 5.92 Å². The molecule has 0 rings (SSSR count). The fourth-order valence-electron chi connectivity index (χ4n) is 2.35. The van der Waals surface area contributed by atoms with Crippen LogP contribution in [-0.4, -0.2) is 26.9 Å². The molecular weight excluding hydrogens is 381 g/mol. The van der Waals surface area contributed by atoms with E-state index in [-0.39, 0.29) is 26.9 Å². The van der Waals surface area contributed by atoms with Crippen LogP contribution in [0.1, 0.15) is 72.1 Å². The van der Waals surface area contributed by atoms with Crippen LogP contribution < -0.4 is 0 Å². The fraction of sp³-hybridized carbons (Fsp3) is 1.00. The van der Waals surface area contributed by atoms with Crippen LogP contribution >= 0.6 is 58.0 Å². The number of hydrogen-bond acceptors (Lipinski definition) is 0. The Morgan fingerprint density at radius 2 is 0.909 bits per heavy atom. The molecule has 0 saturated carbocycles. The van der Waals surface area contributed by atoms with Gasteiger partial charge < -0.3 is 0 Å². The summed E-state index contributed by atoms with van der Waals surface area (Å²) < 4.78 is 0. The molecule has 0 bridgehead atoms. The number of alkyl halides is 5. The summed E-state index contributed by atoms with van der Waals surface area (Å²) in [7, 11) is 0. The minimum absolute atomic E-state index is 0.00157. The molecule has 0 aliphatic heterocycles. The molecule has 0 spiro atoms. The predicted octanol–water partition coefficient (Wildman–Crippen LogP) is 7.82. The first-order chi connectivity index (χ1) is 10.3. The second kappa shape index (κ2) is 13.7. The van der Waals surface area contributed by atoms with Crippen molar-refractivity contribution in [3.8, 4) is 0 Å². The first kappa shape index (κ1) is 23.4. The molecule has 0 heterocycles. The van der Waals surface area contributed by atoms with Gasteiger partial charge in [0, 0.05) is 26.9 Å². The van der Waals surface area contributed by atoms with Gasteiger partial charge in [-0.25, -0.2) is 0 Å². The van der Waals surface area contributed by atoms with Crippen LogP contribution in [0.25, 0.3) is 0 Å². The maximum atomic E-state index is 6.40. The van der Waals surface area contributed by atoms with Gasteiger partial charge in [-0.15, -0.1) is 58.0 Å². The predicted molar refractivity (Wildman–Crippen MR) is 106 cm³/mol. The van der Waals surface area contributed by atoms with Crippen molar-refractivity contribution in [3.63, 3.8) is 0 Å². The standard InChI is InChI=1S/C17H31Cl5/c1-4-12(3)14(19)8-6-10-16(21)17(22)11-7-9-15(20)13(18)5-2/h12-17H,4-11H2,1-3H3. The Morgan fingerprint density at radius 1 is 0.545 bits per heavy atom. The Hall–Kier alpha value is 1.45. The number of hydrogen-bond donors (Lipinski definition) is 0. The molecule has 134 valence electrons. The summed E-state index contributed by atoms with van der Waals surface area (Å²) in [5.74, 6) is 0.560. The molecule has 0 aromatic heterocycles. The first-order valence-electron chi connectivity index (χ1n) is 8.53. The molecule has 0 aliphatic carbocycles. The molecule has 0 N–H and O–H groups in total. The van der Waals surface area contributed by atoms with Gasteiger partial charge in [-0.3, -0.25) is 0 Å². The van der Waals surface area contributed by atoms with E-state index in [1.165, 1.54) is 0 Å². The van der Waals surface area contributed by atoms with E-state index in [1.54, 1.807) is 0 Å². The lowest BCUT2D eigenvalue weighted by molar-refractivity contribution is 0.479. The van der Waals surface area contributed by atoms with Crippen LogP contribution in [0.15, 0.2) is 0 Å². The summed E-state index contributed by atoms with van der Waals surface area (Å²) >= 11 is 31.5. The van der Waals surface area contributed by atoms with Crippen molar-refractivity contribution in [3.05, 3.63) is 0 Å². The van der Waals surface area contributed by atoms with Crippen molar-refractivity contribution in [2.75, 3.05) is 0 Å². The summed E-state index contributed by atoms with van der Waals surface area (Å²) in [6.07, 6.45) is 7.75. The smallest absolute Gasteiger partial charge is 0.0499 e. The molecule has 0 radical (unpaired) electrons. The average molecular weight is 413 g/mol. The second-order valence-corrected chi connectivity index (χ2v) is 9.04. The minimum atomic E-state index is -0.00157. The van der Waals surface area contributed by atoms with E-state index in [2.05, 4.69) is 20.8 Å². The zero-order valence-corrected chi connectivity index (χ0v) is 17.8. The van der Waals surface area contributed by atoms with E-state index in [4.69, 9.17) is 58.0 Å². The normalized spacial score (nSPS) is 20.2. The molecule has 0 amide bonds. The highest BCUT2D eigenvalue weighted by atomic mass is 35.5. The molecule has 0 aromatic carbocycles. The molecule has 0 nitrogen and oxygen atoms in total. The largest absolute Gasteiger partial charge is 0.123 e. The third-order valence-corrected chi connectivity index (χ3v) is 7.44. The Labute approximate surface area is 162 Å². The Bertz CT molecular complexity index is 235. The van der Waals surface area contributed by atoms with Crippen molar-refractivity contribution < 1.29 is 0 Å². The summed E-state index contributed by atoms with van der Waals surface area (Å²) in [6, 6.07) is 0. The van der Waals surface area contributed by atoms with Gasteiger partial charge in [0.15, 0.2) is 0 Å². The minimum Gasteiger partial charge on any atom is -0.123 e. The zero-order valence-electron chi connectivity index (χ0n) is 14.0. The van der Waals surface area contributed by atoms with Crippen molar-refractivity contribution in [2.45, 2.75) is 99.0 Å². The lowest BCUT2D eigenvalue weighted by Crippen LogP contribution is -2.18. The highest BCUT2D eigenvalue weighted by Crippen LogP contribution is 2.26. The van der Waals surface area contributed by atoms with Gasteiger partial charge in [0.25, 0.3) is 0 Å².